The van der Waals surface area contributed by atoms with Gasteiger partial charge in [-0.1, -0.05) is 6.07 Å². The fraction of sp³-hybridized carbons (Fsp3) is 0.154. The summed E-state index contributed by atoms with van der Waals surface area (Å²) in [7, 11) is 0. The van der Waals surface area contributed by atoms with Crippen LogP contribution < -0.4 is 10.6 Å². The van der Waals surface area contributed by atoms with Crippen LogP contribution in [0.25, 0.3) is 0 Å². The van der Waals surface area contributed by atoms with E-state index in [2.05, 4.69) is 10.6 Å². The quantitative estimate of drug-likeness (QED) is 0.846. The zero-order valence-electron chi connectivity index (χ0n) is 10.2. The molecule has 1 aromatic heterocycles. The van der Waals surface area contributed by atoms with Crippen molar-refractivity contribution in [2.45, 2.75) is 12.7 Å². The first-order valence-electron chi connectivity index (χ1n) is 5.69. The van der Waals surface area contributed by atoms with Crippen molar-refractivity contribution in [3.05, 3.63) is 54.0 Å². The Morgan fingerprint density at radius 2 is 2.00 bits per heavy atom. The first kappa shape index (κ1) is 14.4. The molecule has 0 spiro atoms. The van der Waals surface area contributed by atoms with Crippen molar-refractivity contribution in [3.63, 3.8) is 0 Å². The van der Waals surface area contributed by atoms with Gasteiger partial charge in [0.05, 0.1) is 18.4 Å². The summed E-state index contributed by atoms with van der Waals surface area (Å²) in [6.07, 6.45) is -2.85. The average molecular weight is 300 g/mol. The van der Waals surface area contributed by atoms with Gasteiger partial charge < -0.3 is 15.1 Å². The zero-order chi connectivity index (χ0) is 14.6. The summed E-state index contributed by atoms with van der Waals surface area (Å²) in [5.41, 5.74) is -0.451. The summed E-state index contributed by atoms with van der Waals surface area (Å²) < 4.78 is 42.8. The maximum atomic E-state index is 12.6. The summed E-state index contributed by atoms with van der Waals surface area (Å²) >= 11 is 5.00. The SMILES string of the molecule is FC(F)(F)c1cccc(NC(=S)NCc2ccco2)c1. The molecule has 0 unspecified atom stereocenters. The van der Waals surface area contributed by atoms with Crippen molar-refractivity contribution in [3.8, 4) is 0 Å². The summed E-state index contributed by atoms with van der Waals surface area (Å²) in [6, 6.07) is 8.34. The number of alkyl halides is 3. The maximum Gasteiger partial charge on any atom is 0.416 e. The van der Waals surface area contributed by atoms with E-state index in [0.717, 1.165) is 12.1 Å². The predicted octanol–water partition coefficient (Wildman–Crippen LogP) is 3.79. The highest BCUT2D eigenvalue weighted by molar-refractivity contribution is 7.80. The average Bonchev–Trinajstić information content (AvgIpc) is 2.89. The van der Waals surface area contributed by atoms with Crippen molar-refractivity contribution in [1.82, 2.24) is 5.32 Å². The molecule has 2 aromatic rings. The Bertz CT molecular complexity index is 582. The number of halogens is 3. The number of furan rings is 1. The standard InChI is InChI=1S/C13H11F3N2OS/c14-13(15,16)9-3-1-4-10(7-9)18-12(20)17-8-11-5-2-6-19-11/h1-7H,8H2,(H2,17,18,20). The molecule has 0 saturated carbocycles. The van der Waals surface area contributed by atoms with Gasteiger partial charge >= 0.3 is 6.18 Å². The second-order valence-electron chi connectivity index (χ2n) is 3.97. The lowest BCUT2D eigenvalue weighted by molar-refractivity contribution is -0.137. The minimum Gasteiger partial charge on any atom is -0.467 e. The maximum absolute atomic E-state index is 12.6. The predicted molar refractivity (Wildman–Crippen MR) is 73.2 cm³/mol. The highest BCUT2D eigenvalue weighted by Crippen LogP contribution is 2.30. The van der Waals surface area contributed by atoms with Gasteiger partial charge in [-0.2, -0.15) is 13.2 Å². The number of hydrogen-bond donors (Lipinski definition) is 2. The number of benzene rings is 1. The molecule has 0 saturated heterocycles. The van der Waals surface area contributed by atoms with E-state index in [4.69, 9.17) is 16.6 Å². The molecule has 20 heavy (non-hydrogen) atoms. The van der Waals surface area contributed by atoms with Crippen LogP contribution >= 0.6 is 12.2 Å². The van der Waals surface area contributed by atoms with Crippen molar-refractivity contribution >= 4 is 23.0 Å². The molecule has 0 aliphatic rings. The van der Waals surface area contributed by atoms with Crippen LogP contribution in [-0.2, 0) is 12.7 Å². The molecule has 0 atom stereocenters. The topological polar surface area (TPSA) is 37.2 Å². The molecule has 106 valence electrons. The van der Waals surface area contributed by atoms with Gasteiger partial charge in [0.1, 0.15) is 5.76 Å². The van der Waals surface area contributed by atoms with Gasteiger partial charge in [0.15, 0.2) is 5.11 Å². The molecule has 0 radical (unpaired) electrons. The van der Waals surface area contributed by atoms with Crippen LogP contribution in [-0.4, -0.2) is 5.11 Å². The lowest BCUT2D eigenvalue weighted by Gasteiger charge is -2.12. The van der Waals surface area contributed by atoms with Crippen molar-refractivity contribution in [2.24, 2.45) is 0 Å². The van der Waals surface area contributed by atoms with Gasteiger partial charge in [0.25, 0.3) is 0 Å². The minimum atomic E-state index is -4.37. The fourth-order valence-electron chi connectivity index (χ4n) is 1.53. The number of nitrogens with one attached hydrogen (secondary N) is 2. The van der Waals surface area contributed by atoms with E-state index in [1.807, 2.05) is 0 Å². The highest BCUT2D eigenvalue weighted by atomic mass is 32.1. The van der Waals surface area contributed by atoms with Gasteiger partial charge in [0.2, 0.25) is 0 Å². The molecular weight excluding hydrogens is 289 g/mol. The van der Waals surface area contributed by atoms with Crippen LogP contribution in [0.3, 0.4) is 0 Å². The Morgan fingerprint density at radius 1 is 1.20 bits per heavy atom. The van der Waals surface area contributed by atoms with Gasteiger partial charge in [0, 0.05) is 5.69 Å². The molecule has 0 aliphatic heterocycles. The van der Waals surface area contributed by atoms with Crippen LogP contribution in [0.4, 0.5) is 18.9 Å². The monoisotopic (exact) mass is 300 g/mol. The van der Waals surface area contributed by atoms with E-state index in [1.165, 1.54) is 18.4 Å². The highest BCUT2D eigenvalue weighted by Gasteiger charge is 2.30. The Labute approximate surface area is 118 Å². The molecular formula is C13H11F3N2OS. The van der Waals surface area contributed by atoms with Crippen LogP contribution in [0.15, 0.2) is 47.1 Å². The third-order valence-corrected chi connectivity index (χ3v) is 2.70. The third-order valence-electron chi connectivity index (χ3n) is 2.45. The summed E-state index contributed by atoms with van der Waals surface area (Å²) in [4.78, 5) is 0. The molecule has 0 fully saturated rings. The van der Waals surface area contributed by atoms with Crippen LogP contribution in [0.5, 0.6) is 0 Å². The number of anilines is 1. The van der Waals surface area contributed by atoms with Gasteiger partial charge in [-0.3, -0.25) is 0 Å². The molecule has 0 bridgehead atoms. The number of hydrogen-bond acceptors (Lipinski definition) is 2. The summed E-state index contributed by atoms with van der Waals surface area (Å²) in [6.45, 7) is 0.359. The van der Waals surface area contributed by atoms with Crippen LogP contribution in [0.2, 0.25) is 0 Å². The van der Waals surface area contributed by atoms with Crippen molar-refractivity contribution in [1.29, 1.82) is 0 Å². The molecule has 2 rings (SSSR count). The van der Waals surface area contributed by atoms with E-state index in [9.17, 15) is 13.2 Å². The van der Waals surface area contributed by atoms with Crippen molar-refractivity contribution in [2.75, 3.05) is 5.32 Å². The Balaban J connectivity index is 1.94. The van der Waals surface area contributed by atoms with E-state index in [1.54, 1.807) is 12.1 Å². The molecule has 1 aromatic carbocycles. The van der Waals surface area contributed by atoms with Crippen LogP contribution in [0, 0.1) is 0 Å². The van der Waals surface area contributed by atoms with E-state index < -0.39 is 11.7 Å². The van der Waals surface area contributed by atoms with Gasteiger partial charge in [-0.25, -0.2) is 0 Å². The second kappa shape index (κ2) is 5.96. The zero-order valence-corrected chi connectivity index (χ0v) is 11.0. The third kappa shape index (κ3) is 3.99. The number of rotatable bonds is 3. The van der Waals surface area contributed by atoms with Gasteiger partial charge in [-0.05, 0) is 42.5 Å². The second-order valence-corrected chi connectivity index (χ2v) is 4.37. The van der Waals surface area contributed by atoms with E-state index in [0.29, 0.717) is 12.3 Å². The molecule has 1 heterocycles. The summed E-state index contributed by atoms with van der Waals surface area (Å²) in [5, 5.41) is 5.76. The Morgan fingerprint density at radius 3 is 2.65 bits per heavy atom. The normalized spacial score (nSPS) is 11.2. The van der Waals surface area contributed by atoms with E-state index in [-0.39, 0.29) is 10.8 Å². The Hall–Kier alpha value is -2.02. The molecule has 0 aliphatic carbocycles. The number of thiocarbonyl (C=S) groups is 1. The summed E-state index contributed by atoms with van der Waals surface area (Å²) in [5.74, 6) is 0.679. The fourth-order valence-corrected chi connectivity index (χ4v) is 1.72. The van der Waals surface area contributed by atoms with E-state index >= 15 is 0 Å². The van der Waals surface area contributed by atoms with Crippen LogP contribution in [0.1, 0.15) is 11.3 Å². The van der Waals surface area contributed by atoms with Gasteiger partial charge in [-0.15, -0.1) is 0 Å². The first-order chi connectivity index (χ1) is 9.45. The smallest absolute Gasteiger partial charge is 0.416 e. The Kier molecular flexibility index (Phi) is 4.29. The molecule has 0 amide bonds. The lowest BCUT2D eigenvalue weighted by Crippen LogP contribution is -2.27. The largest absolute Gasteiger partial charge is 0.467 e. The molecule has 2 N–H and O–H groups in total. The first-order valence-corrected chi connectivity index (χ1v) is 6.10. The lowest BCUT2D eigenvalue weighted by atomic mass is 10.2. The minimum absolute atomic E-state index is 0.223. The van der Waals surface area contributed by atoms with Crippen molar-refractivity contribution < 1.29 is 17.6 Å². The molecule has 3 nitrogen and oxygen atoms in total. The molecule has 7 heteroatoms.